The second-order valence-corrected chi connectivity index (χ2v) is 8.18. The van der Waals surface area contributed by atoms with E-state index in [4.69, 9.17) is 4.74 Å². The molecule has 0 bridgehead atoms. The summed E-state index contributed by atoms with van der Waals surface area (Å²) in [5, 5.41) is 3.18. The molecule has 1 atom stereocenters. The van der Waals surface area contributed by atoms with E-state index in [-0.39, 0.29) is 5.78 Å². The van der Waals surface area contributed by atoms with Gasteiger partial charge in [-0.1, -0.05) is 66.7 Å². The number of fused-ring (bicyclic) bond motifs is 5. The van der Waals surface area contributed by atoms with Gasteiger partial charge in [-0.15, -0.1) is 0 Å². The Hall–Kier alpha value is -4.11. The van der Waals surface area contributed by atoms with Crippen molar-refractivity contribution >= 4 is 33.5 Å². The number of para-hydroxylation sites is 1. The molecular weight excluding hydrogens is 382 g/mol. The summed E-state index contributed by atoms with van der Waals surface area (Å²) in [6.07, 6.45) is 5.64. The molecule has 3 nitrogen and oxygen atoms in total. The van der Waals surface area contributed by atoms with Gasteiger partial charge in [-0.3, -0.25) is 4.79 Å². The standard InChI is InChI=1S/C28H17NO2/c30-25-15-13-18-7-5-11-23-26(18)28(25,21-16-29-22-10-4-3-9-20(21)22)27-19-8-2-1-6-17(19)12-14-24(27)31-23/h1-16,29H/t28-/m0/s1. The zero-order valence-corrected chi connectivity index (χ0v) is 16.6. The fraction of sp³-hybridized carbons (Fsp3) is 0.0357. The molecule has 1 aromatic heterocycles. The predicted octanol–water partition coefficient (Wildman–Crippen LogP) is 6.36. The van der Waals surface area contributed by atoms with Crippen LogP contribution in [-0.2, 0) is 10.2 Å². The van der Waals surface area contributed by atoms with Crippen LogP contribution in [0.25, 0.3) is 27.8 Å². The Bertz CT molecular complexity index is 1590. The molecule has 5 aromatic rings. The van der Waals surface area contributed by atoms with Crippen molar-refractivity contribution in [3.05, 3.63) is 113 Å². The fourth-order valence-electron chi connectivity index (χ4n) is 5.46. The van der Waals surface area contributed by atoms with E-state index in [0.717, 1.165) is 55.4 Å². The monoisotopic (exact) mass is 399 g/mol. The number of hydrogen-bond donors (Lipinski definition) is 1. The fourth-order valence-corrected chi connectivity index (χ4v) is 5.46. The first-order valence-electron chi connectivity index (χ1n) is 10.4. The molecule has 7 rings (SSSR count). The van der Waals surface area contributed by atoms with Gasteiger partial charge >= 0.3 is 0 Å². The Balaban J connectivity index is 1.75. The van der Waals surface area contributed by atoms with Crippen LogP contribution in [-0.4, -0.2) is 10.8 Å². The largest absolute Gasteiger partial charge is 0.457 e. The van der Waals surface area contributed by atoms with E-state index in [1.54, 1.807) is 6.08 Å². The van der Waals surface area contributed by atoms with Crippen LogP contribution >= 0.6 is 0 Å². The molecule has 0 radical (unpaired) electrons. The van der Waals surface area contributed by atoms with Crippen LogP contribution in [0, 0.1) is 0 Å². The second kappa shape index (κ2) is 5.73. The van der Waals surface area contributed by atoms with Crippen molar-refractivity contribution in [2.45, 2.75) is 5.41 Å². The Morgan fingerprint density at radius 1 is 0.710 bits per heavy atom. The average Bonchev–Trinajstić information content (AvgIpc) is 3.25. The number of carbonyl (C=O) groups is 1. The first kappa shape index (κ1) is 16.7. The molecule has 0 spiro atoms. The highest BCUT2D eigenvalue weighted by Gasteiger charge is 2.53. The number of allylic oxidation sites excluding steroid dienone is 1. The molecule has 0 saturated carbocycles. The smallest absolute Gasteiger partial charge is 0.175 e. The maximum absolute atomic E-state index is 14.1. The van der Waals surface area contributed by atoms with Crippen LogP contribution in [0.1, 0.15) is 22.3 Å². The lowest BCUT2D eigenvalue weighted by Gasteiger charge is -2.41. The highest BCUT2D eigenvalue weighted by molar-refractivity contribution is 6.16. The number of aromatic amines is 1. The molecule has 1 N–H and O–H groups in total. The van der Waals surface area contributed by atoms with Gasteiger partial charge in [0.05, 0.1) is 0 Å². The molecule has 1 aliphatic heterocycles. The van der Waals surface area contributed by atoms with Crippen LogP contribution in [0.15, 0.2) is 91.1 Å². The Labute approximate surface area is 178 Å². The van der Waals surface area contributed by atoms with Crippen LogP contribution in [0.4, 0.5) is 0 Å². The molecule has 4 aromatic carbocycles. The summed E-state index contributed by atoms with van der Waals surface area (Å²) >= 11 is 0. The van der Waals surface area contributed by atoms with Crippen LogP contribution in [0.2, 0.25) is 0 Å². The van der Waals surface area contributed by atoms with E-state index in [0.29, 0.717) is 0 Å². The summed E-state index contributed by atoms with van der Waals surface area (Å²) in [5.41, 5.74) is 3.87. The zero-order chi connectivity index (χ0) is 20.6. The van der Waals surface area contributed by atoms with Crippen molar-refractivity contribution in [1.82, 2.24) is 4.98 Å². The predicted molar refractivity (Wildman–Crippen MR) is 123 cm³/mol. The lowest BCUT2D eigenvalue weighted by Crippen LogP contribution is -2.42. The minimum Gasteiger partial charge on any atom is -0.457 e. The number of ether oxygens (including phenoxy) is 1. The van der Waals surface area contributed by atoms with Gasteiger partial charge in [0.1, 0.15) is 16.9 Å². The molecule has 3 heteroatoms. The van der Waals surface area contributed by atoms with Crippen LogP contribution in [0.3, 0.4) is 0 Å². The third-order valence-corrected chi connectivity index (χ3v) is 6.70. The average molecular weight is 399 g/mol. The van der Waals surface area contributed by atoms with Gasteiger partial charge in [0.15, 0.2) is 5.78 Å². The first-order valence-corrected chi connectivity index (χ1v) is 10.4. The Morgan fingerprint density at radius 3 is 2.45 bits per heavy atom. The van der Waals surface area contributed by atoms with Crippen LogP contribution < -0.4 is 4.74 Å². The normalized spacial score (nSPS) is 18.6. The number of rotatable bonds is 1. The summed E-state index contributed by atoms with van der Waals surface area (Å²) in [5.74, 6) is 1.53. The van der Waals surface area contributed by atoms with Gasteiger partial charge < -0.3 is 9.72 Å². The van der Waals surface area contributed by atoms with Gasteiger partial charge in [0.25, 0.3) is 0 Å². The quantitative estimate of drug-likeness (QED) is 0.356. The van der Waals surface area contributed by atoms with Gasteiger partial charge in [-0.2, -0.15) is 0 Å². The molecule has 0 amide bonds. The van der Waals surface area contributed by atoms with E-state index < -0.39 is 5.41 Å². The van der Waals surface area contributed by atoms with Crippen molar-refractivity contribution in [3.8, 4) is 11.5 Å². The molecule has 2 aliphatic rings. The van der Waals surface area contributed by atoms with Crippen molar-refractivity contribution < 1.29 is 9.53 Å². The Morgan fingerprint density at radius 2 is 1.52 bits per heavy atom. The molecule has 2 heterocycles. The molecule has 31 heavy (non-hydrogen) atoms. The van der Waals surface area contributed by atoms with Crippen molar-refractivity contribution in [2.24, 2.45) is 0 Å². The SMILES string of the molecule is O=C1C=Cc2cccc3c2[C@@]1(c1c[nH]c2ccccc12)c1c(ccc2ccccc12)O3. The summed E-state index contributed by atoms with van der Waals surface area (Å²) in [4.78, 5) is 17.5. The summed E-state index contributed by atoms with van der Waals surface area (Å²) in [6.45, 7) is 0. The van der Waals surface area contributed by atoms with Gasteiger partial charge in [0.2, 0.25) is 0 Å². The van der Waals surface area contributed by atoms with Gasteiger partial charge in [0, 0.05) is 33.8 Å². The van der Waals surface area contributed by atoms with E-state index in [9.17, 15) is 4.79 Å². The number of hydrogen-bond acceptors (Lipinski definition) is 2. The second-order valence-electron chi connectivity index (χ2n) is 8.18. The highest BCUT2D eigenvalue weighted by Crippen LogP contribution is 2.58. The number of H-pyrrole nitrogens is 1. The molecular formula is C28H17NO2. The van der Waals surface area contributed by atoms with E-state index in [2.05, 4.69) is 41.4 Å². The molecule has 146 valence electrons. The third-order valence-electron chi connectivity index (χ3n) is 6.70. The maximum atomic E-state index is 14.1. The van der Waals surface area contributed by atoms with Gasteiger partial charge in [-0.05, 0) is 40.6 Å². The van der Waals surface area contributed by atoms with Gasteiger partial charge in [-0.25, -0.2) is 0 Å². The minimum atomic E-state index is -0.977. The topological polar surface area (TPSA) is 42.1 Å². The summed E-state index contributed by atoms with van der Waals surface area (Å²) in [7, 11) is 0. The molecule has 1 aliphatic carbocycles. The number of ketones is 1. The number of carbonyl (C=O) groups excluding carboxylic acids is 1. The van der Waals surface area contributed by atoms with Crippen molar-refractivity contribution in [3.63, 3.8) is 0 Å². The molecule has 0 saturated heterocycles. The maximum Gasteiger partial charge on any atom is 0.175 e. The lowest BCUT2D eigenvalue weighted by molar-refractivity contribution is -0.117. The zero-order valence-electron chi connectivity index (χ0n) is 16.6. The van der Waals surface area contributed by atoms with E-state index in [1.165, 1.54) is 0 Å². The lowest BCUT2D eigenvalue weighted by atomic mass is 9.61. The number of benzene rings is 4. The summed E-state index contributed by atoms with van der Waals surface area (Å²) < 4.78 is 6.42. The van der Waals surface area contributed by atoms with Crippen LogP contribution in [0.5, 0.6) is 11.5 Å². The van der Waals surface area contributed by atoms with Crippen molar-refractivity contribution in [2.75, 3.05) is 0 Å². The highest BCUT2D eigenvalue weighted by atomic mass is 16.5. The Kier molecular flexibility index (Phi) is 3.08. The third kappa shape index (κ3) is 1.96. The number of aromatic nitrogens is 1. The molecule has 0 unspecified atom stereocenters. The van der Waals surface area contributed by atoms with E-state index >= 15 is 0 Å². The number of nitrogens with one attached hydrogen (secondary N) is 1. The van der Waals surface area contributed by atoms with Crippen molar-refractivity contribution in [1.29, 1.82) is 0 Å². The summed E-state index contributed by atoms with van der Waals surface area (Å²) in [6, 6.07) is 26.5. The first-order chi connectivity index (χ1) is 15.3. The van der Waals surface area contributed by atoms with E-state index in [1.807, 2.05) is 54.7 Å². The minimum absolute atomic E-state index is 0.0538. The molecule has 0 fully saturated rings.